The molecule has 1 saturated heterocycles. The van der Waals surface area contributed by atoms with E-state index in [0.717, 1.165) is 12.8 Å². The Hall–Kier alpha value is -0.900. The minimum atomic E-state index is 0.0634. The highest BCUT2D eigenvalue weighted by Gasteiger charge is 2.46. The fourth-order valence-electron chi connectivity index (χ4n) is 2.12. The van der Waals surface area contributed by atoms with Gasteiger partial charge in [0.25, 0.3) is 0 Å². The van der Waals surface area contributed by atoms with Crippen LogP contribution in [0, 0.1) is 0 Å². The lowest BCUT2D eigenvalue weighted by Crippen LogP contribution is -2.51. The second kappa shape index (κ2) is 3.35. The Bertz CT molecular complexity index is 271. The van der Waals surface area contributed by atoms with Gasteiger partial charge in [0.05, 0.1) is 0 Å². The Morgan fingerprint density at radius 1 is 1.57 bits per heavy atom. The average molecular weight is 196 g/mol. The first kappa shape index (κ1) is 9.65. The molecule has 1 heterocycles. The van der Waals surface area contributed by atoms with Crippen LogP contribution in [0.4, 0.5) is 0 Å². The predicted octanol–water partition coefficient (Wildman–Crippen LogP) is 0.625. The van der Waals surface area contributed by atoms with Crippen LogP contribution in [0.5, 0.6) is 0 Å². The van der Waals surface area contributed by atoms with Gasteiger partial charge in [-0.25, -0.2) is 5.43 Å². The zero-order valence-corrected chi connectivity index (χ0v) is 8.51. The van der Waals surface area contributed by atoms with Gasteiger partial charge in [0.2, 0.25) is 5.91 Å². The smallest absolute Gasteiger partial charge is 0.238 e. The van der Waals surface area contributed by atoms with Gasteiger partial charge in [-0.05, 0) is 26.2 Å². The maximum Gasteiger partial charge on any atom is 0.238 e. The topological polar surface area (TPSA) is 49.4 Å². The zero-order valence-electron chi connectivity index (χ0n) is 8.51. The summed E-state index contributed by atoms with van der Waals surface area (Å²) >= 11 is 0. The first-order chi connectivity index (χ1) is 6.61. The molecule has 1 N–H and O–H groups in total. The fourth-order valence-corrected chi connectivity index (χ4v) is 2.12. The van der Waals surface area contributed by atoms with Gasteiger partial charge >= 0.3 is 0 Å². The number of Topliss-reactive ketones (excluding diaryl/α,β-unsaturated/α-hetero) is 1. The number of nitrogens with one attached hydrogen (secondary N) is 1. The highest BCUT2D eigenvalue weighted by Crippen LogP contribution is 2.38. The van der Waals surface area contributed by atoms with Crippen LogP contribution < -0.4 is 5.43 Å². The van der Waals surface area contributed by atoms with Crippen molar-refractivity contribution in [2.24, 2.45) is 0 Å². The lowest BCUT2D eigenvalue weighted by molar-refractivity contribution is -0.130. The number of ketones is 1. The molecule has 2 rings (SSSR count). The van der Waals surface area contributed by atoms with Crippen molar-refractivity contribution in [2.75, 3.05) is 6.54 Å². The number of nitrogens with zero attached hydrogens (tertiary/aromatic N) is 1. The largest absolute Gasteiger partial charge is 0.300 e. The van der Waals surface area contributed by atoms with Crippen LogP contribution in [-0.4, -0.2) is 28.8 Å². The molecule has 0 aromatic heterocycles. The van der Waals surface area contributed by atoms with Gasteiger partial charge in [-0.1, -0.05) is 0 Å². The Morgan fingerprint density at radius 3 is 2.71 bits per heavy atom. The molecule has 0 bridgehead atoms. The third kappa shape index (κ3) is 1.66. The van der Waals surface area contributed by atoms with E-state index >= 15 is 0 Å². The van der Waals surface area contributed by atoms with Gasteiger partial charge in [-0.15, -0.1) is 0 Å². The molecule has 1 saturated carbocycles. The number of rotatable bonds is 3. The van der Waals surface area contributed by atoms with Gasteiger partial charge in [0.15, 0.2) is 0 Å². The summed E-state index contributed by atoms with van der Waals surface area (Å²) in [5, 5.41) is 1.63. The molecule has 0 aromatic carbocycles. The Labute approximate surface area is 83.6 Å². The summed E-state index contributed by atoms with van der Waals surface area (Å²) in [6.45, 7) is 2.08. The molecule has 0 aromatic rings. The van der Waals surface area contributed by atoms with Crippen molar-refractivity contribution in [1.29, 1.82) is 0 Å². The molecule has 14 heavy (non-hydrogen) atoms. The van der Waals surface area contributed by atoms with Crippen LogP contribution in [0.15, 0.2) is 0 Å². The highest BCUT2D eigenvalue weighted by molar-refractivity contribution is 5.81. The normalized spacial score (nSPS) is 24.1. The summed E-state index contributed by atoms with van der Waals surface area (Å²) in [6.07, 6.45) is 4.46. The monoisotopic (exact) mass is 196 g/mol. The number of amides is 1. The minimum absolute atomic E-state index is 0.0634. The minimum Gasteiger partial charge on any atom is -0.300 e. The van der Waals surface area contributed by atoms with Gasteiger partial charge in [0.1, 0.15) is 5.78 Å². The van der Waals surface area contributed by atoms with Crippen molar-refractivity contribution in [1.82, 2.24) is 10.4 Å². The standard InChI is InChI=1S/C10H16N2O2/c1-8(13)3-6-12-9(14)7-10(11-12)4-2-5-10/h11H,2-7H2,1H3. The molecule has 4 nitrogen and oxygen atoms in total. The summed E-state index contributed by atoms with van der Waals surface area (Å²) in [5.74, 6) is 0.278. The molecule has 1 spiro atoms. The first-order valence-corrected chi connectivity index (χ1v) is 5.19. The summed E-state index contributed by atoms with van der Waals surface area (Å²) in [6, 6.07) is 0. The molecule has 1 aliphatic carbocycles. The molecule has 0 atom stereocenters. The summed E-state index contributed by atoms with van der Waals surface area (Å²) in [4.78, 5) is 22.3. The molecular formula is C10H16N2O2. The van der Waals surface area contributed by atoms with E-state index in [1.807, 2.05) is 0 Å². The van der Waals surface area contributed by atoms with Crippen molar-refractivity contribution in [3.8, 4) is 0 Å². The van der Waals surface area contributed by atoms with Crippen molar-refractivity contribution >= 4 is 11.7 Å². The van der Waals surface area contributed by atoms with Crippen molar-refractivity contribution in [3.63, 3.8) is 0 Å². The third-order valence-corrected chi connectivity index (χ3v) is 3.16. The summed E-state index contributed by atoms with van der Waals surface area (Å²) in [5.41, 5.74) is 3.30. The molecule has 0 radical (unpaired) electrons. The van der Waals surface area contributed by atoms with E-state index in [1.165, 1.54) is 6.42 Å². The lowest BCUT2D eigenvalue weighted by atomic mass is 9.76. The molecular weight excluding hydrogens is 180 g/mol. The first-order valence-electron chi connectivity index (χ1n) is 5.19. The molecule has 1 amide bonds. The van der Waals surface area contributed by atoms with Crippen LogP contribution in [0.2, 0.25) is 0 Å². The number of hydrogen-bond acceptors (Lipinski definition) is 3. The van der Waals surface area contributed by atoms with Crippen molar-refractivity contribution < 1.29 is 9.59 Å². The zero-order chi connectivity index (χ0) is 10.2. The number of hydrazine groups is 1. The molecule has 2 fully saturated rings. The molecule has 4 heteroatoms. The second-order valence-corrected chi connectivity index (χ2v) is 4.42. The summed E-state index contributed by atoms with van der Waals surface area (Å²) < 4.78 is 0. The predicted molar refractivity (Wildman–Crippen MR) is 51.3 cm³/mol. The van der Waals surface area contributed by atoms with Gasteiger partial charge in [0, 0.05) is 24.9 Å². The third-order valence-electron chi connectivity index (χ3n) is 3.16. The van der Waals surface area contributed by atoms with Crippen LogP contribution in [0.3, 0.4) is 0 Å². The average Bonchev–Trinajstić information content (AvgIpc) is 2.39. The Kier molecular flexibility index (Phi) is 2.31. The molecule has 0 unspecified atom stereocenters. The quantitative estimate of drug-likeness (QED) is 0.720. The van der Waals surface area contributed by atoms with Crippen molar-refractivity contribution in [3.05, 3.63) is 0 Å². The maximum atomic E-state index is 11.5. The Balaban J connectivity index is 1.88. The van der Waals surface area contributed by atoms with Crippen LogP contribution in [-0.2, 0) is 9.59 Å². The van der Waals surface area contributed by atoms with E-state index in [0.29, 0.717) is 19.4 Å². The van der Waals surface area contributed by atoms with Crippen molar-refractivity contribution in [2.45, 2.75) is 44.6 Å². The SMILES string of the molecule is CC(=O)CCN1NC2(CCC2)CC1=O. The number of hydrogen-bond donors (Lipinski definition) is 1. The maximum absolute atomic E-state index is 11.5. The van der Waals surface area contributed by atoms with Crippen LogP contribution in [0.25, 0.3) is 0 Å². The van der Waals surface area contributed by atoms with E-state index in [9.17, 15) is 9.59 Å². The van der Waals surface area contributed by atoms with E-state index in [-0.39, 0.29) is 17.2 Å². The number of carbonyl (C=O) groups is 2. The van der Waals surface area contributed by atoms with E-state index in [4.69, 9.17) is 0 Å². The molecule has 1 aliphatic heterocycles. The van der Waals surface area contributed by atoms with E-state index in [2.05, 4.69) is 5.43 Å². The van der Waals surface area contributed by atoms with E-state index in [1.54, 1.807) is 11.9 Å². The van der Waals surface area contributed by atoms with Gasteiger partial charge < -0.3 is 0 Å². The lowest BCUT2D eigenvalue weighted by Gasteiger charge is -2.37. The van der Waals surface area contributed by atoms with Gasteiger partial charge in [-0.3, -0.25) is 14.6 Å². The number of carbonyl (C=O) groups excluding carboxylic acids is 2. The van der Waals surface area contributed by atoms with E-state index < -0.39 is 0 Å². The Morgan fingerprint density at radius 2 is 2.29 bits per heavy atom. The fraction of sp³-hybridized carbons (Fsp3) is 0.800. The highest BCUT2D eigenvalue weighted by atomic mass is 16.2. The second-order valence-electron chi connectivity index (χ2n) is 4.42. The van der Waals surface area contributed by atoms with Crippen LogP contribution >= 0.6 is 0 Å². The summed E-state index contributed by atoms with van der Waals surface area (Å²) in [7, 11) is 0. The molecule has 78 valence electrons. The van der Waals surface area contributed by atoms with Crippen LogP contribution in [0.1, 0.15) is 39.0 Å². The van der Waals surface area contributed by atoms with Gasteiger partial charge in [-0.2, -0.15) is 0 Å². The molecule has 2 aliphatic rings.